The first kappa shape index (κ1) is 15.4. The van der Waals surface area contributed by atoms with E-state index >= 15 is 0 Å². The second kappa shape index (κ2) is 6.19. The van der Waals surface area contributed by atoms with Crippen molar-refractivity contribution in [2.24, 2.45) is 0 Å². The highest BCUT2D eigenvalue weighted by Crippen LogP contribution is 2.18. The van der Waals surface area contributed by atoms with Crippen LogP contribution < -0.4 is 0 Å². The number of halogens is 2. The summed E-state index contributed by atoms with van der Waals surface area (Å²) in [6.45, 7) is 1.23. The third-order valence-electron chi connectivity index (χ3n) is 3.16. The molecule has 1 saturated heterocycles. The monoisotopic (exact) mass is 364 g/mol. The molecule has 1 aliphatic rings. The first-order chi connectivity index (χ1) is 9.45. The second-order valence-corrected chi connectivity index (χ2v) is 6.87. The van der Waals surface area contributed by atoms with Crippen LogP contribution in [0.5, 0.6) is 0 Å². The number of benzene rings is 1. The molecule has 1 heterocycles. The van der Waals surface area contributed by atoms with Gasteiger partial charge in [0.15, 0.2) is 0 Å². The molecule has 1 aliphatic heterocycles. The molecular weight excluding hydrogens is 351 g/mol. The standard InChI is InChI=1S/C12H14BrFN2O3S/c13-9-12(17)15-5-7-16(8-6-15)20(18,19)11-3-1-10(14)2-4-11/h1-4H,5-9H2. The van der Waals surface area contributed by atoms with Crippen LogP contribution in [0.1, 0.15) is 0 Å². The van der Waals surface area contributed by atoms with Crippen molar-refractivity contribution in [2.45, 2.75) is 4.90 Å². The summed E-state index contributed by atoms with van der Waals surface area (Å²) in [4.78, 5) is 13.2. The summed E-state index contributed by atoms with van der Waals surface area (Å²) in [5, 5.41) is 0.234. The highest BCUT2D eigenvalue weighted by Gasteiger charge is 2.29. The Morgan fingerprint density at radius 1 is 1.15 bits per heavy atom. The molecule has 1 fully saturated rings. The fourth-order valence-electron chi connectivity index (χ4n) is 2.02. The highest BCUT2D eigenvalue weighted by atomic mass is 79.9. The molecule has 110 valence electrons. The highest BCUT2D eigenvalue weighted by molar-refractivity contribution is 9.09. The largest absolute Gasteiger partial charge is 0.339 e. The zero-order valence-corrected chi connectivity index (χ0v) is 13.0. The molecule has 0 unspecified atom stereocenters. The van der Waals surface area contributed by atoms with Crippen molar-refractivity contribution in [1.82, 2.24) is 9.21 Å². The number of hydrogen-bond donors (Lipinski definition) is 0. The average molecular weight is 365 g/mol. The summed E-state index contributed by atoms with van der Waals surface area (Å²) in [7, 11) is -3.62. The van der Waals surface area contributed by atoms with Crippen molar-refractivity contribution >= 4 is 31.9 Å². The maximum absolute atomic E-state index is 12.8. The van der Waals surface area contributed by atoms with Crippen molar-refractivity contribution in [3.63, 3.8) is 0 Å². The van der Waals surface area contributed by atoms with Gasteiger partial charge in [0.05, 0.1) is 10.2 Å². The third-order valence-corrected chi connectivity index (χ3v) is 5.55. The Morgan fingerprint density at radius 2 is 1.70 bits per heavy atom. The molecule has 1 amide bonds. The van der Waals surface area contributed by atoms with E-state index in [0.717, 1.165) is 12.1 Å². The lowest BCUT2D eigenvalue weighted by atomic mass is 10.3. The van der Waals surface area contributed by atoms with Gasteiger partial charge in [-0.1, -0.05) is 15.9 Å². The molecule has 8 heteroatoms. The number of carbonyl (C=O) groups is 1. The Hall–Kier alpha value is -0.990. The van der Waals surface area contributed by atoms with Crippen LogP contribution in [0.25, 0.3) is 0 Å². The second-order valence-electron chi connectivity index (χ2n) is 4.37. The number of rotatable bonds is 3. The topological polar surface area (TPSA) is 57.7 Å². The molecule has 1 aromatic carbocycles. The molecule has 2 rings (SSSR count). The third kappa shape index (κ3) is 3.18. The summed E-state index contributed by atoms with van der Waals surface area (Å²) in [5.41, 5.74) is 0. The van der Waals surface area contributed by atoms with Gasteiger partial charge in [0.25, 0.3) is 0 Å². The van der Waals surface area contributed by atoms with Crippen molar-refractivity contribution in [2.75, 3.05) is 31.5 Å². The van der Waals surface area contributed by atoms with Gasteiger partial charge in [-0.15, -0.1) is 0 Å². The Balaban J connectivity index is 2.09. The summed E-state index contributed by atoms with van der Waals surface area (Å²) in [6.07, 6.45) is 0. The van der Waals surface area contributed by atoms with E-state index in [1.807, 2.05) is 0 Å². The Kier molecular flexibility index (Phi) is 4.77. The van der Waals surface area contributed by atoms with Gasteiger partial charge in [-0.05, 0) is 24.3 Å². The van der Waals surface area contributed by atoms with Crippen LogP contribution in [0, 0.1) is 5.82 Å². The van der Waals surface area contributed by atoms with Crippen LogP contribution in [-0.2, 0) is 14.8 Å². The van der Waals surface area contributed by atoms with E-state index in [9.17, 15) is 17.6 Å². The van der Waals surface area contributed by atoms with E-state index in [1.165, 1.54) is 16.4 Å². The van der Waals surface area contributed by atoms with Gasteiger partial charge in [0.1, 0.15) is 5.82 Å². The van der Waals surface area contributed by atoms with E-state index < -0.39 is 15.8 Å². The number of sulfonamides is 1. The number of hydrogen-bond acceptors (Lipinski definition) is 3. The van der Waals surface area contributed by atoms with E-state index in [2.05, 4.69) is 15.9 Å². The molecule has 0 spiro atoms. The summed E-state index contributed by atoms with van der Waals surface area (Å²) < 4.78 is 38.8. The quantitative estimate of drug-likeness (QED) is 0.753. The Bertz CT molecular complexity index is 583. The minimum Gasteiger partial charge on any atom is -0.339 e. The smallest absolute Gasteiger partial charge is 0.243 e. The lowest BCUT2D eigenvalue weighted by molar-refractivity contribution is -0.129. The summed E-state index contributed by atoms with van der Waals surface area (Å²) >= 11 is 3.09. The summed E-state index contributed by atoms with van der Waals surface area (Å²) in [6, 6.07) is 4.75. The SMILES string of the molecule is O=C(CBr)N1CCN(S(=O)(=O)c2ccc(F)cc2)CC1. The molecule has 20 heavy (non-hydrogen) atoms. The van der Waals surface area contributed by atoms with Crippen LogP contribution in [0.3, 0.4) is 0 Å². The predicted octanol–water partition coefficient (Wildman–Crippen LogP) is 1.05. The molecule has 0 aromatic heterocycles. The Morgan fingerprint density at radius 3 is 2.20 bits per heavy atom. The lowest BCUT2D eigenvalue weighted by Crippen LogP contribution is -2.50. The van der Waals surface area contributed by atoms with Crippen LogP contribution in [-0.4, -0.2) is 55.0 Å². The maximum Gasteiger partial charge on any atom is 0.243 e. The minimum atomic E-state index is -3.62. The van der Waals surface area contributed by atoms with Gasteiger partial charge in [0.2, 0.25) is 15.9 Å². The van der Waals surface area contributed by atoms with Gasteiger partial charge >= 0.3 is 0 Å². The number of carbonyl (C=O) groups excluding carboxylic acids is 1. The molecule has 0 N–H and O–H groups in total. The molecule has 0 saturated carbocycles. The number of nitrogens with zero attached hydrogens (tertiary/aromatic N) is 2. The van der Waals surface area contributed by atoms with Gasteiger partial charge in [-0.3, -0.25) is 4.79 Å². The van der Waals surface area contributed by atoms with Crippen molar-refractivity contribution < 1.29 is 17.6 Å². The predicted molar refractivity (Wildman–Crippen MR) is 75.5 cm³/mol. The molecule has 0 aliphatic carbocycles. The number of piperazine rings is 1. The maximum atomic E-state index is 12.8. The number of amides is 1. The van der Waals surface area contributed by atoms with Crippen LogP contribution >= 0.6 is 15.9 Å². The molecule has 1 aromatic rings. The molecule has 0 bridgehead atoms. The number of alkyl halides is 1. The minimum absolute atomic E-state index is 0.0520. The average Bonchev–Trinajstić information content (AvgIpc) is 2.47. The molecule has 0 radical (unpaired) electrons. The zero-order valence-electron chi connectivity index (χ0n) is 10.6. The fourth-order valence-corrected chi connectivity index (χ4v) is 3.79. The van der Waals surface area contributed by atoms with E-state index in [0.29, 0.717) is 13.1 Å². The van der Waals surface area contributed by atoms with E-state index in [1.54, 1.807) is 4.90 Å². The van der Waals surface area contributed by atoms with Crippen LogP contribution in [0.4, 0.5) is 4.39 Å². The first-order valence-corrected chi connectivity index (χ1v) is 8.61. The lowest BCUT2D eigenvalue weighted by Gasteiger charge is -2.33. The van der Waals surface area contributed by atoms with Crippen molar-refractivity contribution in [3.05, 3.63) is 30.1 Å². The molecular formula is C12H14BrFN2O3S. The summed E-state index contributed by atoms with van der Waals surface area (Å²) in [5.74, 6) is -0.527. The van der Waals surface area contributed by atoms with Crippen molar-refractivity contribution in [1.29, 1.82) is 0 Å². The normalized spacial score (nSPS) is 17.2. The van der Waals surface area contributed by atoms with Gasteiger partial charge in [-0.2, -0.15) is 4.31 Å². The fraction of sp³-hybridized carbons (Fsp3) is 0.417. The molecule has 5 nitrogen and oxygen atoms in total. The van der Waals surface area contributed by atoms with Gasteiger partial charge in [-0.25, -0.2) is 12.8 Å². The van der Waals surface area contributed by atoms with Gasteiger partial charge in [0, 0.05) is 26.2 Å². The zero-order chi connectivity index (χ0) is 14.8. The van der Waals surface area contributed by atoms with Crippen molar-refractivity contribution in [3.8, 4) is 0 Å². The Labute approximate surface area is 125 Å². The van der Waals surface area contributed by atoms with E-state index in [-0.39, 0.29) is 29.2 Å². The van der Waals surface area contributed by atoms with Crippen LogP contribution in [0.15, 0.2) is 29.2 Å². The van der Waals surface area contributed by atoms with Crippen LogP contribution in [0.2, 0.25) is 0 Å². The van der Waals surface area contributed by atoms with Gasteiger partial charge < -0.3 is 4.90 Å². The van der Waals surface area contributed by atoms with E-state index in [4.69, 9.17) is 0 Å². The first-order valence-electron chi connectivity index (χ1n) is 6.04. The molecule has 0 atom stereocenters.